The smallest absolute Gasteiger partial charge is 0.0755 e. The summed E-state index contributed by atoms with van der Waals surface area (Å²) in [5.74, 6) is 0. The lowest BCUT2D eigenvalue weighted by Gasteiger charge is -2.35. The van der Waals surface area contributed by atoms with Crippen LogP contribution in [0.1, 0.15) is 72.0 Å². The van der Waals surface area contributed by atoms with E-state index in [1.165, 1.54) is 33.3 Å². The van der Waals surface area contributed by atoms with Gasteiger partial charge in [-0.25, -0.2) is 0 Å². The van der Waals surface area contributed by atoms with Crippen molar-refractivity contribution in [3.63, 3.8) is 0 Å². The molecule has 0 bridgehead atoms. The highest BCUT2D eigenvalue weighted by atomic mass is 14.8. The highest BCUT2D eigenvalue weighted by Crippen LogP contribution is 2.46. The molecule has 2 heteroatoms. The summed E-state index contributed by atoms with van der Waals surface area (Å²) in [6, 6.07) is 4.39. The number of pyridine rings is 2. The average Bonchev–Trinajstić information content (AvgIpc) is 2.43. The fourth-order valence-electron chi connectivity index (χ4n) is 4.09. The maximum atomic E-state index is 5.13. The van der Waals surface area contributed by atoms with E-state index in [2.05, 4.69) is 65.6 Å². The standard InChI is InChI=1S/C21H28N2/c1-8-16-13(2)18-17-14(9-10-22-18)11-15(12-20(3,4)5)23-19(17)21(16,6)7/h9-11H,8,12H2,1-7H3. The van der Waals surface area contributed by atoms with Crippen LogP contribution in [0.25, 0.3) is 16.3 Å². The van der Waals surface area contributed by atoms with Gasteiger partial charge in [0.05, 0.1) is 11.4 Å². The van der Waals surface area contributed by atoms with E-state index >= 15 is 0 Å². The highest BCUT2D eigenvalue weighted by molar-refractivity contribution is 5.97. The lowest BCUT2D eigenvalue weighted by Crippen LogP contribution is -2.27. The Bertz CT molecular complexity index is 804. The monoisotopic (exact) mass is 308 g/mol. The maximum Gasteiger partial charge on any atom is 0.0755 e. The van der Waals surface area contributed by atoms with Crippen LogP contribution in [0.4, 0.5) is 0 Å². The van der Waals surface area contributed by atoms with E-state index < -0.39 is 0 Å². The van der Waals surface area contributed by atoms with Gasteiger partial charge in [-0.15, -0.1) is 0 Å². The van der Waals surface area contributed by atoms with Crippen molar-refractivity contribution in [3.05, 3.63) is 41.0 Å². The summed E-state index contributed by atoms with van der Waals surface area (Å²) >= 11 is 0. The third kappa shape index (κ3) is 2.58. The fourth-order valence-corrected chi connectivity index (χ4v) is 4.09. The highest BCUT2D eigenvalue weighted by Gasteiger charge is 2.35. The molecule has 0 amide bonds. The van der Waals surface area contributed by atoms with Crippen molar-refractivity contribution in [3.8, 4) is 0 Å². The third-order valence-corrected chi connectivity index (χ3v) is 5.02. The number of allylic oxidation sites excluding steroid dienone is 2. The van der Waals surface area contributed by atoms with Gasteiger partial charge in [-0.3, -0.25) is 9.97 Å². The molecule has 2 aromatic rings. The Kier molecular flexibility index (Phi) is 3.62. The number of hydrogen-bond donors (Lipinski definition) is 0. The summed E-state index contributed by atoms with van der Waals surface area (Å²) in [4.78, 5) is 9.82. The minimum absolute atomic E-state index is 0.0268. The van der Waals surface area contributed by atoms with Crippen molar-refractivity contribution < 1.29 is 0 Å². The van der Waals surface area contributed by atoms with E-state index in [0.717, 1.165) is 18.5 Å². The van der Waals surface area contributed by atoms with E-state index in [9.17, 15) is 0 Å². The lowest BCUT2D eigenvalue weighted by molar-refractivity contribution is 0.405. The molecule has 0 aliphatic heterocycles. The van der Waals surface area contributed by atoms with Gasteiger partial charge in [0.25, 0.3) is 0 Å². The number of rotatable bonds is 2. The van der Waals surface area contributed by atoms with Gasteiger partial charge in [0.15, 0.2) is 0 Å². The van der Waals surface area contributed by atoms with Crippen molar-refractivity contribution in [2.24, 2.45) is 5.41 Å². The quantitative estimate of drug-likeness (QED) is 0.712. The third-order valence-electron chi connectivity index (χ3n) is 5.02. The van der Waals surface area contributed by atoms with Crippen LogP contribution in [0.5, 0.6) is 0 Å². The second-order valence-electron chi connectivity index (χ2n) is 8.54. The molecular weight excluding hydrogens is 280 g/mol. The van der Waals surface area contributed by atoms with E-state index in [1.54, 1.807) is 0 Å². The van der Waals surface area contributed by atoms with E-state index in [-0.39, 0.29) is 10.8 Å². The van der Waals surface area contributed by atoms with Crippen molar-refractivity contribution in [2.75, 3.05) is 0 Å². The summed E-state index contributed by atoms with van der Waals surface area (Å²) < 4.78 is 0. The van der Waals surface area contributed by atoms with Crippen LogP contribution in [0, 0.1) is 5.41 Å². The number of aromatic nitrogens is 2. The zero-order valence-electron chi connectivity index (χ0n) is 15.5. The van der Waals surface area contributed by atoms with Crippen molar-refractivity contribution in [2.45, 2.75) is 66.7 Å². The molecule has 0 saturated heterocycles. The fraction of sp³-hybridized carbons (Fsp3) is 0.524. The molecule has 1 aliphatic carbocycles. The van der Waals surface area contributed by atoms with Crippen molar-refractivity contribution >= 4 is 16.3 Å². The zero-order valence-corrected chi connectivity index (χ0v) is 15.5. The summed E-state index contributed by atoms with van der Waals surface area (Å²) in [6.45, 7) is 15.9. The topological polar surface area (TPSA) is 25.8 Å². The molecule has 2 heterocycles. The Morgan fingerprint density at radius 1 is 1.17 bits per heavy atom. The SMILES string of the molecule is CCC1=C(C)c2nccc3cc(CC(C)(C)C)nc(c23)C1(C)C. The van der Waals surface area contributed by atoms with Crippen LogP contribution in [-0.4, -0.2) is 9.97 Å². The molecule has 23 heavy (non-hydrogen) atoms. The van der Waals surface area contributed by atoms with E-state index in [0.29, 0.717) is 0 Å². The van der Waals surface area contributed by atoms with Gasteiger partial charge in [-0.2, -0.15) is 0 Å². The first-order valence-corrected chi connectivity index (χ1v) is 8.65. The minimum Gasteiger partial charge on any atom is -0.256 e. The molecule has 0 spiro atoms. The summed E-state index contributed by atoms with van der Waals surface area (Å²) in [6.07, 6.45) is 3.98. The van der Waals surface area contributed by atoms with Crippen molar-refractivity contribution in [1.82, 2.24) is 9.97 Å². The Labute approximate surface area is 140 Å². The predicted molar refractivity (Wildman–Crippen MR) is 98.6 cm³/mol. The molecule has 2 aromatic heterocycles. The largest absolute Gasteiger partial charge is 0.256 e. The van der Waals surface area contributed by atoms with Crippen LogP contribution in [0.3, 0.4) is 0 Å². The van der Waals surface area contributed by atoms with Crippen LogP contribution < -0.4 is 0 Å². The molecule has 2 nitrogen and oxygen atoms in total. The maximum absolute atomic E-state index is 5.13. The van der Waals surface area contributed by atoms with E-state index in [4.69, 9.17) is 4.98 Å². The van der Waals surface area contributed by atoms with Crippen LogP contribution >= 0.6 is 0 Å². The Balaban J connectivity index is 2.34. The number of hydrogen-bond acceptors (Lipinski definition) is 2. The van der Waals surface area contributed by atoms with Crippen LogP contribution in [-0.2, 0) is 11.8 Å². The molecule has 1 aliphatic rings. The summed E-state index contributed by atoms with van der Waals surface area (Å²) in [7, 11) is 0. The second kappa shape index (κ2) is 5.15. The average molecular weight is 308 g/mol. The molecular formula is C21H28N2. The molecule has 0 radical (unpaired) electrons. The molecule has 3 rings (SSSR count). The molecule has 0 fully saturated rings. The molecule has 0 aromatic carbocycles. The van der Waals surface area contributed by atoms with Crippen LogP contribution in [0.15, 0.2) is 23.9 Å². The van der Waals surface area contributed by atoms with Gasteiger partial charge in [0.1, 0.15) is 0 Å². The van der Waals surface area contributed by atoms with Gasteiger partial charge < -0.3 is 0 Å². The normalized spacial score (nSPS) is 17.0. The molecule has 0 atom stereocenters. The van der Waals surface area contributed by atoms with Crippen LogP contribution in [0.2, 0.25) is 0 Å². The van der Waals surface area contributed by atoms with Gasteiger partial charge in [0, 0.05) is 22.7 Å². The van der Waals surface area contributed by atoms with Gasteiger partial charge in [-0.05, 0) is 48.3 Å². The molecule has 0 saturated carbocycles. The number of nitrogens with zero attached hydrogens (tertiary/aromatic N) is 2. The first-order valence-electron chi connectivity index (χ1n) is 8.65. The van der Waals surface area contributed by atoms with E-state index in [1.807, 2.05) is 6.20 Å². The summed E-state index contributed by atoms with van der Waals surface area (Å²) in [5.41, 5.74) is 6.54. The van der Waals surface area contributed by atoms with Crippen molar-refractivity contribution in [1.29, 1.82) is 0 Å². The Morgan fingerprint density at radius 2 is 1.87 bits per heavy atom. The molecule has 0 unspecified atom stereocenters. The Morgan fingerprint density at radius 3 is 2.48 bits per heavy atom. The molecule has 122 valence electrons. The lowest BCUT2D eigenvalue weighted by atomic mass is 9.71. The molecule has 0 N–H and O–H groups in total. The van der Waals surface area contributed by atoms with Gasteiger partial charge >= 0.3 is 0 Å². The predicted octanol–water partition coefficient (Wildman–Crippen LogP) is 5.69. The first-order chi connectivity index (χ1) is 10.6. The first kappa shape index (κ1) is 16.2. The van der Waals surface area contributed by atoms with Gasteiger partial charge in [0.2, 0.25) is 0 Å². The second-order valence-corrected chi connectivity index (χ2v) is 8.54. The minimum atomic E-state index is -0.0268. The van der Waals surface area contributed by atoms with Gasteiger partial charge in [-0.1, -0.05) is 47.1 Å². The Hall–Kier alpha value is -1.70. The zero-order chi connectivity index (χ0) is 17.0. The summed E-state index contributed by atoms with van der Waals surface area (Å²) in [5, 5.41) is 2.53.